The summed E-state index contributed by atoms with van der Waals surface area (Å²) in [5.74, 6) is 0.741. The van der Waals surface area contributed by atoms with Gasteiger partial charge in [0, 0.05) is 24.2 Å². The molecular formula is C16H22BrNO. The van der Waals surface area contributed by atoms with E-state index in [1.807, 2.05) is 7.11 Å². The van der Waals surface area contributed by atoms with E-state index < -0.39 is 0 Å². The van der Waals surface area contributed by atoms with Crippen molar-refractivity contribution in [3.05, 3.63) is 34.3 Å². The molecule has 2 aliphatic carbocycles. The number of hydrogen-bond donors (Lipinski definition) is 1. The van der Waals surface area contributed by atoms with Gasteiger partial charge in [-0.2, -0.15) is 0 Å². The summed E-state index contributed by atoms with van der Waals surface area (Å²) in [5, 5.41) is 3.69. The van der Waals surface area contributed by atoms with Crippen LogP contribution < -0.4 is 5.32 Å². The van der Waals surface area contributed by atoms with Gasteiger partial charge in [-0.25, -0.2) is 0 Å². The summed E-state index contributed by atoms with van der Waals surface area (Å²) >= 11 is 3.49. The molecule has 3 rings (SSSR count). The molecule has 1 aromatic carbocycles. The predicted octanol–water partition coefficient (Wildman–Crippen LogP) is 3.85. The number of hydrogen-bond acceptors (Lipinski definition) is 2. The molecule has 0 heterocycles. The Balaban J connectivity index is 1.44. The van der Waals surface area contributed by atoms with Gasteiger partial charge in [0.05, 0.1) is 5.60 Å². The van der Waals surface area contributed by atoms with Gasteiger partial charge in [0.15, 0.2) is 0 Å². The molecule has 2 fully saturated rings. The van der Waals surface area contributed by atoms with Crippen LogP contribution in [-0.2, 0) is 4.74 Å². The fraction of sp³-hybridized carbons (Fsp3) is 0.625. The number of nitrogens with one attached hydrogen (secondary N) is 1. The third-order valence-electron chi connectivity index (χ3n) is 4.89. The Morgan fingerprint density at radius 1 is 1.26 bits per heavy atom. The maximum absolute atomic E-state index is 5.65. The highest BCUT2D eigenvalue weighted by molar-refractivity contribution is 9.10. The topological polar surface area (TPSA) is 21.3 Å². The molecule has 2 saturated carbocycles. The van der Waals surface area contributed by atoms with Crippen LogP contribution in [0, 0.1) is 0 Å². The molecule has 0 atom stereocenters. The second-order valence-electron chi connectivity index (χ2n) is 6.04. The van der Waals surface area contributed by atoms with Gasteiger partial charge in [-0.15, -0.1) is 0 Å². The zero-order valence-electron chi connectivity index (χ0n) is 11.5. The second kappa shape index (κ2) is 5.55. The van der Waals surface area contributed by atoms with Crippen molar-refractivity contribution in [3.8, 4) is 0 Å². The van der Waals surface area contributed by atoms with Gasteiger partial charge in [0.25, 0.3) is 0 Å². The van der Waals surface area contributed by atoms with E-state index in [0.717, 1.165) is 16.9 Å². The number of benzene rings is 1. The van der Waals surface area contributed by atoms with Crippen LogP contribution in [0.1, 0.15) is 43.6 Å². The van der Waals surface area contributed by atoms with Crippen LogP contribution in [0.3, 0.4) is 0 Å². The number of ether oxygens (including phenoxy) is 1. The first kappa shape index (κ1) is 13.6. The van der Waals surface area contributed by atoms with Crippen LogP contribution in [-0.4, -0.2) is 25.3 Å². The molecule has 19 heavy (non-hydrogen) atoms. The third-order valence-corrected chi connectivity index (χ3v) is 5.42. The van der Waals surface area contributed by atoms with Crippen LogP contribution in [0.4, 0.5) is 0 Å². The average Bonchev–Trinajstić information content (AvgIpc) is 2.32. The van der Waals surface area contributed by atoms with Crippen molar-refractivity contribution in [2.75, 3.05) is 13.7 Å². The van der Waals surface area contributed by atoms with Crippen molar-refractivity contribution in [1.82, 2.24) is 5.32 Å². The van der Waals surface area contributed by atoms with Crippen molar-refractivity contribution in [3.63, 3.8) is 0 Å². The van der Waals surface area contributed by atoms with E-state index in [0.29, 0.717) is 6.04 Å². The molecule has 104 valence electrons. The van der Waals surface area contributed by atoms with E-state index >= 15 is 0 Å². The lowest BCUT2D eigenvalue weighted by molar-refractivity contribution is -0.0724. The first-order chi connectivity index (χ1) is 9.21. The van der Waals surface area contributed by atoms with Gasteiger partial charge < -0.3 is 10.1 Å². The third kappa shape index (κ3) is 2.88. The molecule has 0 saturated heterocycles. The maximum atomic E-state index is 5.65. The van der Waals surface area contributed by atoms with Crippen molar-refractivity contribution in [2.45, 2.75) is 49.7 Å². The Morgan fingerprint density at radius 2 is 1.95 bits per heavy atom. The molecule has 1 aromatic rings. The molecule has 0 bridgehead atoms. The first-order valence-electron chi connectivity index (χ1n) is 7.25. The SMILES string of the molecule is COC1(CNC2CC(c3ccc(Br)cc3)C2)CCC1. The highest BCUT2D eigenvalue weighted by atomic mass is 79.9. The van der Waals surface area contributed by atoms with Gasteiger partial charge in [0.1, 0.15) is 0 Å². The summed E-state index contributed by atoms with van der Waals surface area (Å²) in [5.41, 5.74) is 1.63. The van der Waals surface area contributed by atoms with Crippen LogP contribution in [0.15, 0.2) is 28.7 Å². The van der Waals surface area contributed by atoms with E-state index in [-0.39, 0.29) is 5.60 Å². The van der Waals surface area contributed by atoms with Crippen LogP contribution in [0.5, 0.6) is 0 Å². The predicted molar refractivity (Wildman–Crippen MR) is 81.5 cm³/mol. The van der Waals surface area contributed by atoms with E-state index in [2.05, 4.69) is 45.5 Å². The number of halogens is 1. The maximum Gasteiger partial charge on any atom is 0.0802 e. The Kier molecular flexibility index (Phi) is 3.97. The summed E-state index contributed by atoms with van der Waals surface area (Å²) in [7, 11) is 1.85. The van der Waals surface area contributed by atoms with Crippen molar-refractivity contribution in [2.24, 2.45) is 0 Å². The minimum absolute atomic E-state index is 0.155. The normalized spacial score (nSPS) is 28.5. The number of rotatable bonds is 5. The fourth-order valence-corrected chi connectivity index (χ4v) is 3.41. The van der Waals surface area contributed by atoms with Crippen molar-refractivity contribution >= 4 is 15.9 Å². The Hall–Kier alpha value is -0.380. The molecule has 0 amide bonds. The summed E-state index contributed by atoms with van der Waals surface area (Å²) in [6.07, 6.45) is 6.29. The zero-order chi connectivity index (χ0) is 13.3. The molecule has 0 aromatic heterocycles. The lowest BCUT2D eigenvalue weighted by Gasteiger charge is -2.44. The number of methoxy groups -OCH3 is 1. The van der Waals surface area contributed by atoms with E-state index in [9.17, 15) is 0 Å². The molecule has 0 aliphatic heterocycles. The molecule has 0 spiro atoms. The second-order valence-corrected chi connectivity index (χ2v) is 6.95. The van der Waals surface area contributed by atoms with Gasteiger partial charge >= 0.3 is 0 Å². The van der Waals surface area contributed by atoms with Crippen LogP contribution in [0.2, 0.25) is 0 Å². The summed E-state index contributed by atoms with van der Waals surface area (Å²) in [6, 6.07) is 9.46. The summed E-state index contributed by atoms with van der Waals surface area (Å²) in [4.78, 5) is 0. The van der Waals surface area contributed by atoms with Gasteiger partial charge in [0.2, 0.25) is 0 Å². The molecule has 3 heteroatoms. The summed E-state index contributed by atoms with van der Waals surface area (Å²) in [6.45, 7) is 1.03. The standard InChI is InChI=1S/C16H22BrNO/c1-19-16(7-2-8-16)11-18-15-9-13(10-15)12-3-5-14(17)6-4-12/h3-6,13,15,18H,2,7-11H2,1H3. The highest BCUT2D eigenvalue weighted by Gasteiger charge is 2.38. The highest BCUT2D eigenvalue weighted by Crippen LogP contribution is 2.39. The van der Waals surface area contributed by atoms with E-state index in [4.69, 9.17) is 4.74 Å². The minimum Gasteiger partial charge on any atom is -0.377 e. The lowest BCUT2D eigenvalue weighted by Crippen LogP contribution is -2.52. The van der Waals surface area contributed by atoms with E-state index in [1.54, 1.807) is 0 Å². The molecule has 0 unspecified atom stereocenters. The van der Waals surface area contributed by atoms with Crippen LogP contribution >= 0.6 is 15.9 Å². The largest absolute Gasteiger partial charge is 0.377 e. The Bertz CT molecular complexity index is 415. The summed E-state index contributed by atoms with van der Waals surface area (Å²) < 4.78 is 6.81. The monoisotopic (exact) mass is 323 g/mol. The molecule has 1 N–H and O–H groups in total. The van der Waals surface area contributed by atoms with Crippen molar-refractivity contribution in [1.29, 1.82) is 0 Å². The fourth-order valence-electron chi connectivity index (χ4n) is 3.15. The molecule has 2 nitrogen and oxygen atoms in total. The van der Waals surface area contributed by atoms with Crippen LogP contribution in [0.25, 0.3) is 0 Å². The smallest absolute Gasteiger partial charge is 0.0802 e. The zero-order valence-corrected chi connectivity index (χ0v) is 13.1. The van der Waals surface area contributed by atoms with E-state index in [1.165, 1.54) is 37.7 Å². The Morgan fingerprint density at radius 3 is 2.47 bits per heavy atom. The Labute approximate surface area is 124 Å². The van der Waals surface area contributed by atoms with Gasteiger partial charge in [-0.05, 0) is 55.7 Å². The average molecular weight is 324 g/mol. The molecule has 2 aliphatic rings. The lowest BCUT2D eigenvalue weighted by atomic mass is 9.74. The van der Waals surface area contributed by atoms with Gasteiger partial charge in [-0.3, -0.25) is 0 Å². The van der Waals surface area contributed by atoms with Gasteiger partial charge in [-0.1, -0.05) is 28.1 Å². The quantitative estimate of drug-likeness (QED) is 0.888. The minimum atomic E-state index is 0.155. The molecule has 0 radical (unpaired) electrons. The first-order valence-corrected chi connectivity index (χ1v) is 8.04. The van der Waals surface area contributed by atoms with Crippen molar-refractivity contribution < 1.29 is 4.74 Å². The molecular weight excluding hydrogens is 302 g/mol.